The lowest BCUT2D eigenvalue weighted by Gasteiger charge is -2.03. The van der Waals surface area contributed by atoms with Crippen LogP contribution >= 0.6 is 11.3 Å². The second kappa shape index (κ2) is 9.14. The van der Waals surface area contributed by atoms with E-state index in [1.54, 1.807) is 6.07 Å². The van der Waals surface area contributed by atoms with E-state index in [1.165, 1.54) is 11.3 Å². The normalized spacial score (nSPS) is 11.5. The highest BCUT2D eigenvalue weighted by molar-refractivity contribution is 7.20. The number of nitrogens with two attached hydrogens (primary N) is 2. The van der Waals surface area contributed by atoms with Crippen LogP contribution in [0.15, 0.2) is 30.3 Å². The van der Waals surface area contributed by atoms with Crippen molar-refractivity contribution in [2.24, 2.45) is 11.5 Å². The molecule has 2 rings (SSSR count). The molecule has 0 aliphatic rings. The predicted molar refractivity (Wildman–Crippen MR) is 87.3 cm³/mol. The summed E-state index contributed by atoms with van der Waals surface area (Å²) in [5.74, 6) is -1.78. The Balaban J connectivity index is 0.000000225. The summed E-state index contributed by atoms with van der Waals surface area (Å²) in [4.78, 5) is 21.1. The van der Waals surface area contributed by atoms with E-state index in [9.17, 15) is 9.59 Å². The number of aliphatic carboxylic acids is 1. The first kappa shape index (κ1) is 18.1. The highest BCUT2D eigenvalue weighted by Crippen LogP contribution is 2.24. The van der Waals surface area contributed by atoms with Crippen molar-refractivity contribution < 1.29 is 19.8 Å². The van der Waals surface area contributed by atoms with Gasteiger partial charge < -0.3 is 21.7 Å². The number of thiophene rings is 1. The fourth-order valence-corrected chi connectivity index (χ4v) is 2.62. The van der Waals surface area contributed by atoms with Gasteiger partial charge in [-0.25, -0.2) is 4.79 Å². The molecule has 0 aliphatic carbocycles. The predicted octanol–water partition coefficient (Wildman–Crippen LogP) is 2.13. The SMILES string of the molecule is NCCCCC(N)C(=O)O.O=C(O)c1cc2ccccc2s1. The van der Waals surface area contributed by atoms with Gasteiger partial charge >= 0.3 is 11.9 Å². The first-order valence-corrected chi connectivity index (χ1v) is 7.67. The van der Waals surface area contributed by atoms with E-state index >= 15 is 0 Å². The van der Waals surface area contributed by atoms with E-state index in [0.717, 1.165) is 22.9 Å². The average molecular weight is 324 g/mol. The number of benzene rings is 1. The second-order valence-electron chi connectivity index (χ2n) is 4.68. The lowest BCUT2D eigenvalue weighted by Crippen LogP contribution is -2.29. The summed E-state index contributed by atoms with van der Waals surface area (Å²) in [7, 11) is 0. The summed E-state index contributed by atoms with van der Waals surface area (Å²) in [6, 6.07) is 8.63. The van der Waals surface area contributed by atoms with E-state index in [4.69, 9.17) is 21.7 Å². The van der Waals surface area contributed by atoms with Crippen molar-refractivity contribution >= 4 is 33.4 Å². The summed E-state index contributed by atoms with van der Waals surface area (Å²) >= 11 is 1.31. The number of aromatic carboxylic acids is 1. The molecular weight excluding hydrogens is 304 g/mol. The Morgan fingerprint density at radius 2 is 1.86 bits per heavy atom. The molecule has 1 aromatic carbocycles. The zero-order valence-electron chi connectivity index (χ0n) is 12.1. The smallest absolute Gasteiger partial charge is 0.345 e. The monoisotopic (exact) mass is 324 g/mol. The first-order valence-electron chi connectivity index (χ1n) is 6.86. The Morgan fingerprint density at radius 3 is 2.41 bits per heavy atom. The highest BCUT2D eigenvalue weighted by Gasteiger charge is 2.09. The summed E-state index contributed by atoms with van der Waals surface area (Å²) in [5, 5.41) is 18.0. The van der Waals surface area contributed by atoms with Crippen LogP contribution in [0, 0.1) is 0 Å². The maximum Gasteiger partial charge on any atom is 0.345 e. The minimum absolute atomic E-state index is 0.399. The molecule has 0 bridgehead atoms. The molecule has 0 saturated carbocycles. The van der Waals surface area contributed by atoms with Crippen molar-refractivity contribution in [1.29, 1.82) is 0 Å². The summed E-state index contributed by atoms with van der Waals surface area (Å²) in [5.41, 5.74) is 10.4. The molecule has 120 valence electrons. The van der Waals surface area contributed by atoms with Crippen LogP contribution in [-0.4, -0.2) is 34.7 Å². The maximum atomic E-state index is 10.6. The average Bonchev–Trinajstić information content (AvgIpc) is 2.92. The van der Waals surface area contributed by atoms with Crippen molar-refractivity contribution in [1.82, 2.24) is 0 Å². The molecule has 2 aromatic rings. The quantitative estimate of drug-likeness (QED) is 0.603. The summed E-state index contributed by atoms with van der Waals surface area (Å²) in [6.07, 6.45) is 2.16. The van der Waals surface area contributed by atoms with Gasteiger partial charge in [0, 0.05) is 4.70 Å². The third kappa shape index (κ3) is 5.80. The van der Waals surface area contributed by atoms with Gasteiger partial charge in [-0.3, -0.25) is 4.79 Å². The van der Waals surface area contributed by atoms with Gasteiger partial charge in [0.2, 0.25) is 0 Å². The van der Waals surface area contributed by atoms with Crippen LogP contribution in [0.5, 0.6) is 0 Å². The number of carbonyl (C=O) groups is 2. The van der Waals surface area contributed by atoms with Crippen molar-refractivity contribution in [3.8, 4) is 0 Å². The van der Waals surface area contributed by atoms with Gasteiger partial charge in [0.15, 0.2) is 0 Å². The van der Waals surface area contributed by atoms with Gasteiger partial charge in [-0.15, -0.1) is 11.3 Å². The number of carboxylic acid groups (broad SMARTS) is 2. The molecule has 0 radical (unpaired) electrons. The van der Waals surface area contributed by atoms with Crippen molar-refractivity contribution in [3.63, 3.8) is 0 Å². The third-order valence-electron chi connectivity index (χ3n) is 2.92. The number of fused-ring (bicyclic) bond motifs is 1. The summed E-state index contributed by atoms with van der Waals surface area (Å²) < 4.78 is 1.02. The largest absolute Gasteiger partial charge is 0.480 e. The van der Waals surface area contributed by atoms with Crippen LogP contribution in [0.1, 0.15) is 28.9 Å². The Kier molecular flexibility index (Phi) is 7.51. The maximum absolute atomic E-state index is 10.6. The zero-order valence-corrected chi connectivity index (χ0v) is 12.9. The van der Waals surface area contributed by atoms with Crippen LogP contribution < -0.4 is 11.5 Å². The molecule has 0 spiro atoms. The molecule has 22 heavy (non-hydrogen) atoms. The minimum Gasteiger partial charge on any atom is -0.480 e. The molecule has 1 heterocycles. The van der Waals surface area contributed by atoms with E-state index in [-0.39, 0.29) is 0 Å². The standard InChI is InChI=1S/C9H6O2S.C6H14N2O2/c10-9(11)8-5-6-3-1-2-4-7(6)12-8;7-4-2-1-3-5(8)6(9)10/h1-5H,(H,10,11);5H,1-4,7-8H2,(H,9,10). The van der Waals surface area contributed by atoms with Gasteiger partial charge in [0.1, 0.15) is 10.9 Å². The molecule has 0 aliphatic heterocycles. The van der Waals surface area contributed by atoms with Crippen molar-refractivity contribution in [3.05, 3.63) is 35.2 Å². The molecule has 0 amide bonds. The van der Waals surface area contributed by atoms with Crippen LogP contribution in [0.2, 0.25) is 0 Å². The molecular formula is C15H20N2O4S. The van der Waals surface area contributed by atoms with Crippen molar-refractivity contribution in [2.75, 3.05) is 6.54 Å². The van der Waals surface area contributed by atoms with Gasteiger partial charge in [-0.1, -0.05) is 24.6 Å². The molecule has 6 N–H and O–H groups in total. The van der Waals surface area contributed by atoms with Gasteiger partial charge in [0.05, 0.1) is 0 Å². The van der Waals surface area contributed by atoms with E-state index in [1.807, 2.05) is 24.3 Å². The van der Waals surface area contributed by atoms with Gasteiger partial charge in [-0.2, -0.15) is 0 Å². The Hall–Kier alpha value is -1.96. The van der Waals surface area contributed by atoms with Gasteiger partial charge in [0.25, 0.3) is 0 Å². The fraction of sp³-hybridized carbons (Fsp3) is 0.333. The van der Waals surface area contributed by atoms with Crippen LogP contribution in [0.25, 0.3) is 10.1 Å². The molecule has 1 atom stereocenters. The van der Waals surface area contributed by atoms with Crippen LogP contribution in [-0.2, 0) is 4.79 Å². The topological polar surface area (TPSA) is 127 Å². The number of hydrogen-bond acceptors (Lipinski definition) is 5. The molecule has 1 aromatic heterocycles. The van der Waals surface area contributed by atoms with Crippen molar-refractivity contribution in [2.45, 2.75) is 25.3 Å². The third-order valence-corrected chi connectivity index (χ3v) is 4.03. The molecule has 0 fully saturated rings. The van der Waals surface area contributed by atoms with E-state index in [0.29, 0.717) is 17.8 Å². The lowest BCUT2D eigenvalue weighted by molar-refractivity contribution is -0.138. The molecule has 0 saturated heterocycles. The Morgan fingerprint density at radius 1 is 1.18 bits per heavy atom. The summed E-state index contributed by atoms with van der Waals surface area (Å²) in [6.45, 7) is 0.604. The van der Waals surface area contributed by atoms with Crippen LogP contribution in [0.4, 0.5) is 0 Å². The lowest BCUT2D eigenvalue weighted by atomic mass is 10.1. The number of carboxylic acids is 2. The molecule has 7 heteroatoms. The van der Waals surface area contributed by atoms with Gasteiger partial charge in [-0.05, 0) is 36.9 Å². The fourth-order valence-electron chi connectivity index (χ4n) is 1.72. The minimum atomic E-state index is -0.933. The zero-order chi connectivity index (χ0) is 16.5. The highest BCUT2D eigenvalue weighted by atomic mass is 32.1. The number of rotatable bonds is 6. The number of hydrogen-bond donors (Lipinski definition) is 4. The number of unbranched alkanes of at least 4 members (excludes halogenated alkanes) is 1. The Labute approximate surface area is 132 Å². The van der Waals surface area contributed by atoms with E-state index < -0.39 is 18.0 Å². The molecule has 6 nitrogen and oxygen atoms in total. The van der Waals surface area contributed by atoms with Crippen LogP contribution in [0.3, 0.4) is 0 Å². The second-order valence-corrected chi connectivity index (χ2v) is 5.77. The first-order chi connectivity index (χ1) is 10.5. The Bertz CT molecular complexity index is 594. The molecule has 1 unspecified atom stereocenters. The van der Waals surface area contributed by atoms with E-state index in [2.05, 4.69) is 0 Å².